The van der Waals surface area contributed by atoms with Gasteiger partial charge in [0.2, 0.25) is 5.88 Å². The van der Waals surface area contributed by atoms with Gasteiger partial charge in [-0.3, -0.25) is 9.36 Å². The van der Waals surface area contributed by atoms with E-state index >= 15 is 0 Å². The number of aromatic hydroxyl groups is 2. The Morgan fingerprint density at radius 2 is 2.00 bits per heavy atom. The molecule has 10 heteroatoms. The molecule has 26 heavy (non-hydrogen) atoms. The highest BCUT2D eigenvalue weighted by Crippen LogP contribution is 2.28. The molecule has 4 N–H and O–H groups in total. The number of pyridine rings is 1. The van der Waals surface area contributed by atoms with Crippen LogP contribution in [0.3, 0.4) is 0 Å². The maximum absolute atomic E-state index is 12.4. The van der Waals surface area contributed by atoms with Crippen molar-refractivity contribution in [3.05, 3.63) is 45.2 Å². The summed E-state index contributed by atoms with van der Waals surface area (Å²) in [5.41, 5.74) is -1.32. The molecule has 1 aromatic carbocycles. The number of benzene rings is 1. The first kappa shape index (κ1) is 18.6. The molecule has 0 unspecified atom stereocenters. The van der Waals surface area contributed by atoms with E-state index in [0.29, 0.717) is 0 Å². The van der Waals surface area contributed by atoms with E-state index in [2.05, 4.69) is 10.2 Å². The number of nitrogens with zero attached hydrogens (tertiary/aromatic N) is 4. The van der Waals surface area contributed by atoms with E-state index in [4.69, 9.17) is 15.5 Å². The maximum Gasteiger partial charge on any atom is 0.339 e. The Hall–Kier alpha value is -3.71. The van der Waals surface area contributed by atoms with Crippen molar-refractivity contribution in [2.45, 2.75) is 13.5 Å². The number of aromatic carboxylic acids is 1. The fourth-order valence-electron chi connectivity index (χ4n) is 2.24. The molecule has 0 saturated heterocycles. The second-order valence-electron chi connectivity index (χ2n) is 5.17. The van der Waals surface area contributed by atoms with Crippen LogP contribution in [0, 0.1) is 18.3 Å². The normalized spacial score (nSPS) is 10.8. The second-order valence-corrected chi connectivity index (χ2v) is 5.17. The van der Waals surface area contributed by atoms with Crippen molar-refractivity contribution in [2.24, 2.45) is 10.2 Å². The number of nitriles is 1. The quantitative estimate of drug-likeness (QED) is 0.587. The lowest BCUT2D eigenvalue weighted by atomic mass is 10.1. The molecule has 0 radical (unpaired) electrons. The van der Waals surface area contributed by atoms with E-state index in [1.165, 1.54) is 13.0 Å². The smallest absolute Gasteiger partial charge is 0.339 e. The number of hydrogen-bond donors (Lipinski definition) is 4. The molecule has 0 aliphatic heterocycles. The van der Waals surface area contributed by atoms with Crippen LogP contribution in [0.4, 0.5) is 11.4 Å². The minimum atomic E-state index is -1.31. The summed E-state index contributed by atoms with van der Waals surface area (Å²) in [7, 11) is 0. The van der Waals surface area contributed by atoms with Crippen LogP contribution in [0.2, 0.25) is 0 Å². The van der Waals surface area contributed by atoms with Crippen molar-refractivity contribution in [1.82, 2.24) is 4.57 Å². The first-order valence-electron chi connectivity index (χ1n) is 7.27. The number of hydrogen-bond acceptors (Lipinski definition) is 8. The second kappa shape index (κ2) is 7.45. The summed E-state index contributed by atoms with van der Waals surface area (Å²) in [5, 5.41) is 54.2. The highest BCUT2D eigenvalue weighted by Gasteiger charge is 2.19. The number of phenols is 1. The molecule has 134 valence electrons. The Morgan fingerprint density at radius 1 is 1.31 bits per heavy atom. The van der Waals surface area contributed by atoms with Crippen LogP contribution in [0.1, 0.15) is 21.5 Å². The van der Waals surface area contributed by atoms with Crippen molar-refractivity contribution in [1.29, 1.82) is 5.26 Å². The SMILES string of the molecule is Cc1c(C#N)c(O)n(CCO)c(=O)c1N=Nc1ccc(C(=O)O)c(O)c1. The third kappa shape index (κ3) is 3.38. The highest BCUT2D eigenvalue weighted by molar-refractivity contribution is 5.91. The number of azo groups is 1. The summed E-state index contributed by atoms with van der Waals surface area (Å²) in [6.07, 6.45) is 0. The predicted molar refractivity (Wildman–Crippen MR) is 88.1 cm³/mol. The van der Waals surface area contributed by atoms with Crippen LogP contribution in [0.15, 0.2) is 33.2 Å². The number of aromatic nitrogens is 1. The summed E-state index contributed by atoms with van der Waals surface area (Å²) in [6, 6.07) is 5.22. The summed E-state index contributed by atoms with van der Waals surface area (Å²) in [4.78, 5) is 23.3. The van der Waals surface area contributed by atoms with Gasteiger partial charge in [-0.15, -0.1) is 5.11 Å². The Balaban J connectivity index is 2.56. The lowest BCUT2D eigenvalue weighted by Crippen LogP contribution is -2.23. The lowest BCUT2D eigenvalue weighted by Gasteiger charge is -2.11. The first-order chi connectivity index (χ1) is 12.3. The molecule has 0 amide bonds. The van der Waals surface area contributed by atoms with Gasteiger partial charge >= 0.3 is 5.97 Å². The van der Waals surface area contributed by atoms with Crippen LogP contribution in [-0.2, 0) is 6.54 Å². The van der Waals surface area contributed by atoms with E-state index in [-0.39, 0.29) is 34.6 Å². The molecule has 0 aliphatic carbocycles. The van der Waals surface area contributed by atoms with Crippen molar-refractivity contribution in [2.75, 3.05) is 6.61 Å². The monoisotopic (exact) mass is 358 g/mol. The van der Waals surface area contributed by atoms with Crippen molar-refractivity contribution >= 4 is 17.3 Å². The number of carboxylic acids is 1. The van der Waals surface area contributed by atoms with E-state index in [1.807, 2.05) is 0 Å². The summed E-state index contributed by atoms with van der Waals surface area (Å²) in [5.74, 6) is -2.41. The topological polar surface area (TPSA) is 168 Å². The van der Waals surface area contributed by atoms with Crippen LogP contribution >= 0.6 is 0 Å². The molecule has 0 atom stereocenters. The van der Waals surface area contributed by atoms with Crippen molar-refractivity contribution in [3.63, 3.8) is 0 Å². The van der Waals surface area contributed by atoms with E-state index < -0.39 is 29.8 Å². The molecular weight excluding hydrogens is 344 g/mol. The molecule has 10 nitrogen and oxygen atoms in total. The van der Waals surface area contributed by atoms with Crippen LogP contribution in [0.5, 0.6) is 11.6 Å². The van der Waals surface area contributed by atoms with Crippen molar-refractivity contribution in [3.8, 4) is 17.7 Å². The molecular formula is C16H14N4O6. The van der Waals surface area contributed by atoms with E-state index in [9.17, 15) is 19.8 Å². The molecule has 0 aliphatic rings. The van der Waals surface area contributed by atoms with Gasteiger partial charge in [0, 0.05) is 11.6 Å². The van der Waals surface area contributed by atoms with Gasteiger partial charge in [0.15, 0.2) is 5.69 Å². The third-order valence-corrected chi connectivity index (χ3v) is 3.57. The summed E-state index contributed by atoms with van der Waals surface area (Å²) in [6.45, 7) is 0.723. The van der Waals surface area contributed by atoms with Crippen LogP contribution in [0.25, 0.3) is 0 Å². The van der Waals surface area contributed by atoms with Gasteiger partial charge in [0.25, 0.3) is 5.56 Å². The van der Waals surface area contributed by atoms with Gasteiger partial charge < -0.3 is 20.4 Å². The molecule has 0 spiro atoms. The summed E-state index contributed by atoms with van der Waals surface area (Å²) < 4.78 is 0.797. The number of carboxylic acid groups (broad SMARTS) is 1. The van der Waals surface area contributed by atoms with Gasteiger partial charge in [-0.2, -0.15) is 10.4 Å². The highest BCUT2D eigenvalue weighted by atomic mass is 16.4. The largest absolute Gasteiger partial charge is 0.507 e. The Kier molecular flexibility index (Phi) is 5.34. The Morgan fingerprint density at radius 3 is 2.54 bits per heavy atom. The van der Waals surface area contributed by atoms with Gasteiger partial charge in [-0.05, 0) is 19.1 Å². The zero-order chi connectivity index (χ0) is 19.4. The minimum Gasteiger partial charge on any atom is -0.507 e. The molecule has 2 aromatic rings. The Labute approximate surface area is 146 Å². The zero-order valence-electron chi connectivity index (χ0n) is 13.5. The average molecular weight is 358 g/mol. The molecule has 1 heterocycles. The molecule has 0 saturated carbocycles. The molecule has 2 rings (SSSR count). The minimum absolute atomic E-state index is 0.0755. The maximum atomic E-state index is 12.4. The van der Waals surface area contributed by atoms with Crippen LogP contribution < -0.4 is 5.56 Å². The van der Waals surface area contributed by atoms with Gasteiger partial charge in [-0.1, -0.05) is 0 Å². The van der Waals surface area contributed by atoms with Gasteiger partial charge in [0.05, 0.1) is 18.8 Å². The zero-order valence-corrected chi connectivity index (χ0v) is 13.5. The third-order valence-electron chi connectivity index (χ3n) is 3.57. The number of aliphatic hydroxyl groups excluding tert-OH is 1. The molecule has 0 bridgehead atoms. The van der Waals surface area contributed by atoms with Gasteiger partial charge in [0.1, 0.15) is 22.9 Å². The fraction of sp³-hybridized carbons (Fsp3) is 0.188. The Bertz CT molecular complexity index is 1000. The predicted octanol–water partition coefficient (Wildman–Crippen LogP) is 1.55. The van der Waals surface area contributed by atoms with E-state index in [0.717, 1.165) is 16.7 Å². The van der Waals surface area contributed by atoms with Crippen LogP contribution in [-0.4, -0.2) is 37.6 Å². The molecule has 0 fully saturated rings. The lowest BCUT2D eigenvalue weighted by molar-refractivity contribution is 0.0693. The first-order valence-corrected chi connectivity index (χ1v) is 7.27. The number of carbonyl (C=O) groups is 1. The fourth-order valence-corrected chi connectivity index (χ4v) is 2.24. The van der Waals surface area contributed by atoms with Gasteiger partial charge in [-0.25, -0.2) is 4.79 Å². The van der Waals surface area contributed by atoms with E-state index in [1.54, 1.807) is 6.07 Å². The standard InChI is InChI=1S/C16H14N4O6/c1-8-11(7-17)14(23)20(4-5-21)15(24)13(8)19-18-9-2-3-10(16(25)26)12(22)6-9/h2-3,6,21-23H,4-5H2,1H3,(H,25,26). The molecule has 1 aromatic heterocycles. The number of aliphatic hydroxyl groups is 1. The average Bonchev–Trinajstić information content (AvgIpc) is 2.58. The van der Waals surface area contributed by atoms with Crippen molar-refractivity contribution < 1.29 is 25.2 Å². The summed E-state index contributed by atoms with van der Waals surface area (Å²) >= 11 is 0. The number of rotatable bonds is 5.